The highest BCUT2D eigenvalue weighted by atomic mass is 32.2. The predicted molar refractivity (Wildman–Crippen MR) is 86.6 cm³/mol. The molecule has 0 saturated carbocycles. The molecule has 5 heteroatoms. The van der Waals surface area contributed by atoms with Gasteiger partial charge in [-0.2, -0.15) is 0 Å². The highest BCUT2D eigenvalue weighted by molar-refractivity contribution is 8.16. The van der Waals surface area contributed by atoms with Crippen LogP contribution in [0.2, 0.25) is 0 Å². The Morgan fingerprint density at radius 2 is 1.81 bits per heavy atom. The Bertz CT molecular complexity index is 706. The molecule has 1 heterocycles. The topological polar surface area (TPSA) is 36.8 Å². The quantitative estimate of drug-likeness (QED) is 0.855. The van der Waals surface area contributed by atoms with Gasteiger partial charge in [-0.05, 0) is 17.7 Å². The van der Waals surface area contributed by atoms with E-state index in [2.05, 4.69) is 15.5 Å². The van der Waals surface area contributed by atoms with Gasteiger partial charge in [0.15, 0.2) is 0 Å². The van der Waals surface area contributed by atoms with Gasteiger partial charge in [0.25, 0.3) is 0 Å². The Morgan fingerprint density at radius 1 is 1.05 bits per heavy atom. The van der Waals surface area contributed by atoms with Crippen LogP contribution in [-0.2, 0) is 0 Å². The molecule has 104 valence electrons. The van der Waals surface area contributed by atoms with Crippen molar-refractivity contribution in [3.05, 3.63) is 76.9 Å². The van der Waals surface area contributed by atoms with E-state index in [1.807, 2.05) is 35.7 Å². The lowest BCUT2D eigenvalue weighted by Crippen LogP contribution is -2.10. The van der Waals surface area contributed by atoms with Crippen molar-refractivity contribution in [2.75, 3.05) is 0 Å². The van der Waals surface area contributed by atoms with Gasteiger partial charge in [-0.25, -0.2) is 9.38 Å². The first-order valence-corrected chi connectivity index (χ1v) is 7.25. The van der Waals surface area contributed by atoms with Crippen molar-refractivity contribution in [3.63, 3.8) is 0 Å². The van der Waals surface area contributed by atoms with Crippen LogP contribution in [0.4, 0.5) is 4.39 Å². The Labute approximate surface area is 126 Å². The van der Waals surface area contributed by atoms with Gasteiger partial charge >= 0.3 is 0 Å². The first kappa shape index (κ1) is 13.6. The maximum Gasteiger partial charge on any atom is 0.210 e. The van der Waals surface area contributed by atoms with Crippen LogP contribution < -0.4 is 5.43 Å². The average molecular weight is 297 g/mol. The van der Waals surface area contributed by atoms with Crippen LogP contribution in [0, 0.1) is 5.82 Å². The Hall–Kier alpha value is -2.40. The van der Waals surface area contributed by atoms with Gasteiger partial charge in [0.1, 0.15) is 5.82 Å². The van der Waals surface area contributed by atoms with E-state index in [9.17, 15) is 4.39 Å². The van der Waals surface area contributed by atoms with Gasteiger partial charge < -0.3 is 0 Å². The first-order chi connectivity index (χ1) is 10.3. The van der Waals surface area contributed by atoms with Gasteiger partial charge in [-0.15, -0.1) is 5.10 Å². The monoisotopic (exact) mass is 297 g/mol. The van der Waals surface area contributed by atoms with Crippen LogP contribution in [0.25, 0.3) is 5.70 Å². The Morgan fingerprint density at radius 3 is 2.48 bits per heavy atom. The number of rotatable bonds is 2. The summed E-state index contributed by atoms with van der Waals surface area (Å²) in [4.78, 5) is 4.27. The molecule has 2 aromatic carbocycles. The van der Waals surface area contributed by atoms with Gasteiger partial charge in [-0.3, -0.25) is 5.43 Å². The van der Waals surface area contributed by atoms with Gasteiger partial charge in [-0.1, -0.05) is 54.2 Å². The lowest BCUT2D eigenvalue weighted by Gasteiger charge is -2.11. The molecule has 0 aromatic heterocycles. The Balaban J connectivity index is 1.65. The summed E-state index contributed by atoms with van der Waals surface area (Å²) >= 11 is 1.44. The molecule has 1 aliphatic rings. The van der Waals surface area contributed by atoms with Crippen molar-refractivity contribution in [2.24, 2.45) is 10.1 Å². The van der Waals surface area contributed by atoms with E-state index in [4.69, 9.17) is 0 Å². The lowest BCUT2D eigenvalue weighted by molar-refractivity contribution is 0.628. The molecule has 0 fully saturated rings. The molecule has 0 amide bonds. The van der Waals surface area contributed by atoms with Crippen molar-refractivity contribution in [1.82, 2.24) is 5.43 Å². The number of aliphatic imine (C=N–C) groups is 1. The zero-order valence-corrected chi connectivity index (χ0v) is 11.8. The normalized spacial score (nSPS) is 14.5. The molecule has 0 spiro atoms. The molecule has 0 atom stereocenters. The number of amidine groups is 1. The molecule has 21 heavy (non-hydrogen) atoms. The highest BCUT2D eigenvalue weighted by Crippen LogP contribution is 2.21. The van der Waals surface area contributed by atoms with Crippen molar-refractivity contribution in [1.29, 1.82) is 0 Å². The van der Waals surface area contributed by atoms with E-state index in [0.29, 0.717) is 5.17 Å². The van der Waals surface area contributed by atoms with E-state index in [0.717, 1.165) is 16.8 Å². The van der Waals surface area contributed by atoms with E-state index < -0.39 is 0 Å². The summed E-state index contributed by atoms with van der Waals surface area (Å²) < 4.78 is 12.8. The summed E-state index contributed by atoms with van der Waals surface area (Å²) in [5.41, 5.74) is 5.84. The second kappa shape index (κ2) is 6.37. The van der Waals surface area contributed by atoms with Crippen molar-refractivity contribution in [2.45, 2.75) is 0 Å². The largest absolute Gasteiger partial charge is 0.275 e. The van der Waals surface area contributed by atoms with E-state index in [1.165, 1.54) is 23.9 Å². The SMILES string of the molecule is Fc1ccc(/C=N/C2=NNC(c3ccccc3)=CS2)cc1. The lowest BCUT2D eigenvalue weighted by atomic mass is 10.2. The highest BCUT2D eigenvalue weighted by Gasteiger charge is 2.07. The fraction of sp³-hybridized carbons (Fsp3) is 0. The molecule has 3 rings (SSSR count). The summed E-state index contributed by atoms with van der Waals surface area (Å²) in [6.45, 7) is 0. The number of thioether (sulfide) groups is 1. The van der Waals surface area contributed by atoms with Crippen LogP contribution in [-0.4, -0.2) is 11.4 Å². The molecule has 2 aromatic rings. The minimum absolute atomic E-state index is 0.256. The molecule has 1 aliphatic heterocycles. The minimum atomic E-state index is -0.256. The summed E-state index contributed by atoms with van der Waals surface area (Å²) in [7, 11) is 0. The maximum absolute atomic E-state index is 12.8. The number of halogens is 1. The van der Waals surface area contributed by atoms with Gasteiger partial charge in [0.2, 0.25) is 5.17 Å². The van der Waals surface area contributed by atoms with Crippen molar-refractivity contribution in [3.8, 4) is 0 Å². The molecule has 3 nitrogen and oxygen atoms in total. The fourth-order valence-electron chi connectivity index (χ4n) is 1.76. The first-order valence-electron chi connectivity index (χ1n) is 6.37. The number of hydrazone groups is 1. The van der Waals surface area contributed by atoms with Crippen LogP contribution >= 0.6 is 11.8 Å². The van der Waals surface area contributed by atoms with E-state index >= 15 is 0 Å². The summed E-state index contributed by atoms with van der Waals surface area (Å²) in [5, 5.41) is 6.79. The maximum atomic E-state index is 12.8. The number of nitrogens with one attached hydrogen (secondary N) is 1. The minimum Gasteiger partial charge on any atom is -0.275 e. The van der Waals surface area contributed by atoms with Crippen LogP contribution in [0.5, 0.6) is 0 Å². The molecule has 0 bridgehead atoms. The zero-order valence-electron chi connectivity index (χ0n) is 11.0. The molecule has 0 radical (unpaired) electrons. The van der Waals surface area contributed by atoms with Crippen molar-refractivity contribution < 1.29 is 4.39 Å². The molecular weight excluding hydrogens is 285 g/mol. The number of hydrogen-bond acceptors (Lipinski definition) is 4. The summed E-state index contributed by atoms with van der Waals surface area (Å²) in [5.74, 6) is -0.256. The molecular formula is C16H12FN3S. The smallest absolute Gasteiger partial charge is 0.210 e. The zero-order chi connectivity index (χ0) is 14.5. The van der Waals surface area contributed by atoms with E-state index in [1.54, 1.807) is 18.3 Å². The second-order valence-electron chi connectivity index (χ2n) is 4.33. The number of nitrogens with zero attached hydrogens (tertiary/aromatic N) is 2. The summed E-state index contributed by atoms with van der Waals surface area (Å²) in [6, 6.07) is 16.1. The molecule has 0 aliphatic carbocycles. The number of hydrogen-bond donors (Lipinski definition) is 1. The van der Waals surface area contributed by atoms with Gasteiger partial charge in [0, 0.05) is 17.2 Å². The van der Waals surface area contributed by atoms with Crippen LogP contribution in [0.3, 0.4) is 0 Å². The van der Waals surface area contributed by atoms with Crippen molar-refractivity contribution >= 4 is 28.8 Å². The van der Waals surface area contributed by atoms with Crippen LogP contribution in [0.1, 0.15) is 11.1 Å². The third-order valence-corrected chi connectivity index (χ3v) is 3.59. The van der Waals surface area contributed by atoms with E-state index in [-0.39, 0.29) is 5.82 Å². The standard InChI is InChI=1S/C16H12FN3S/c17-14-8-6-12(7-9-14)10-18-16-20-19-15(11-21-16)13-4-2-1-3-5-13/h1-11,19H/b18-10+. The molecule has 0 unspecified atom stereocenters. The molecule has 1 N–H and O–H groups in total. The van der Waals surface area contributed by atoms with Crippen LogP contribution in [0.15, 0.2) is 70.1 Å². The predicted octanol–water partition coefficient (Wildman–Crippen LogP) is 3.85. The third-order valence-electron chi connectivity index (χ3n) is 2.83. The van der Waals surface area contributed by atoms with Gasteiger partial charge in [0.05, 0.1) is 5.70 Å². The third kappa shape index (κ3) is 3.58. The second-order valence-corrected chi connectivity index (χ2v) is 5.17. The number of benzene rings is 2. The molecule has 0 saturated heterocycles. The Kier molecular flexibility index (Phi) is 4.12. The fourth-order valence-corrected chi connectivity index (χ4v) is 2.38. The average Bonchev–Trinajstić information content (AvgIpc) is 2.56. The summed E-state index contributed by atoms with van der Waals surface area (Å²) in [6.07, 6.45) is 1.66.